The molecule has 0 saturated carbocycles. The zero-order valence-electron chi connectivity index (χ0n) is 27.6. The number of hydrogen-bond donors (Lipinski definition) is 1. The predicted molar refractivity (Wildman–Crippen MR) is 188 cm³/mol. The number of nitrogens with one attached hydrogen (secondary N) is 1. The smallest absolute Gasteiger partial charge is 0.459 e. The maximum Gasteiger partial charge on any atom is 0.459 e. The van der Waals surface area contributed by atoms with Crippen LogP contribution in [0.15, 0.2) is 115 Å². The second-order valence-corrected chi connectivity index (χ2v) is 14.4. The number of esters is 1. The van der Waals surface area contributed by atoms with Crippen molar-refractivity contribution < 1.29 is 37.6 Å². The Hall–Kier alpha value is -4.32. The summed E-state index contributed by atoms with van der Waals surface area (Å²) in [5, 5.41) is 13.4. The molecule has 2 atom stereocenters. The second-order valence-electron chi connectivity index (χ2n) is 11.6. The number of hydrogen-bond acceptors (Lipinski definition) is 10. The van der Waals surface area contributed by atoms with Gasteiger partial charge in [-0.2, -0.15) is 5.09 Å². The van der Waals surface area contributed by atoms with E-state index in [4.69, 9.17) is 18.5 Å². The van der Waals surface area contributed by atoms with E-state index in [1.54, 1.807) is 13.8 Å². The molecule has 0 radical (unpaired) electrons. The molecule has 1 unspecified atom stereocenters. The highest BCUT2D eigenvalue weighted by atomic mass is 32.2. The fourth-order valence-corrected chi connectivity index (χ4v) is 7.34. The highest BCUT2D eigenvalue weighted by Gasteiger charge is 2.41. The fraction of sp³-hybridized carbons (Fsp3) is 0.278. The van der Waals surface area contributed by atoms with E-state index in [2.05, 4.69) is 5.09 Å². The Morgan fingerprint density at radius 3 is 1.80 bits per heavy atom. The van der Waals surface area contributed by atoms with Crippen molar-refractivity contribution in [3.8, 4) is 5.75 Å². The number of carbonyl (C=O) groups is 2. The van der Waals surface area contributed by atoms with Crippen LogP contribution in [-0.2, 0) is 33.8 Å². The lowest BCUT2D eigenvalue weighted by molar-refractivity contribution is -0.384. The average Bonchev–Trinajstić information content (AvgIpc) is 3.11. The molecular weight excluding hydrogens is 667 g/mol. The molecule has 258 valence electrons. The van der Waals surface area contributed by atoms with Crippen molar-refractivity contribution in [1.82, 2.24) is 5.09 Å². The number of thioether (sulfide) groups is 1. The summed E-state index contributed by atoms with van der Waals surface area (Å²) in [6.45, 7) is 4.90. The Morgan fingerprint density at radius 2 is 1.35 bits per heavy atom. The largest absolute Gasteiger partial charge is 0.468 e. The molecule has 0 saturated heterocycles. The third kappa shape index (κ3) is 9.65. The van der Waals surface area contributed by atoms with Crippen LogP contribution in [0.3, 0.4) is 0 Å². The zero-order valence-corrected chi connectivity index (χ0v) is 29.4. The summed E-state index contributed by atoms with van der Waals surface area (Å²) >= 11 is 0.988. The number of rotatable bonds is 17. The van der Waals surface area contributed by atoms with Crippen LogP contribution < -0.4 is 9.61 Å². The molecule has 0 heterocycles. The first-order chi connectivity index (χ1) is 23.4. The molecule has 4 aromatic rings. The molecule has 0 aliphatic heterocycles. The summed E-state index contributed by atoms with van der Waals surface area (Å²) < 4.78 is 36.4. The van der Waals surface area contributed by atoms with Gasteiger partial charge in [0.2, 0.25) is 0 Å². The van der Waals surface area contributed by atoms with Crippen LogP contribution in [-0.4, -0.2) is 48.1 Å². The highest BCUT2D eigenvalue weighted by Crippen LogP contribution is 2.46. The van der Waals surface area contributed by atoms with Gasteiger partial charge in [0, 0.05) is 17.9 Å². The van der Waals surface area contributed by atoms with Gasteiger partial charge in [-0.3, -0.25) is 24.2 Å². The number of nitro benzene ring substituents is 1. The van der Waals surface area contributed by atoms with Gasteiger partial charge in [0.05, 0.1) is 30.7 Å². The normalized spacial score (nSPS) is 13.6. The van der Waals surface area contributed by atoms with E-state index in [0.29, 0.717) is 0 Å². The molecule has 0 bridgehead atoms. The molecule has 0 amide bonds. The minimum Gasteiger partial charge on any atom is -0.468 e. The molecule has 0 fully saturated rings. The predicted octanol–water partition coefficient (Wildman–Crippen LogP) is 7.54. The van der Waals surface area contributed by atoms with Gasteiger partial charge >= 0.3 is 13.7 Å². The Balaban J connectivity index is 1.47. The second kappa shape index (κ2) is 16.9. The maximum absolute atomic E-state index is 13.7. The van der Waals surface area contributed by atoms with E-state index in [0.717, 1.165) is 28.5 Å². The van der Waals surface area contributed by atoms with Crippen molar-refractivity contribution in [2.75, 3.05) is 26.1 Å². The van der Waals surface area contributed by atoms with E-state index in [1.165, 1.54) is 38.3 Å². The minimum absolute atomic E-state index is 0.0132. The number of ether oxygens (including phenoxy) is 2. The molecule has 13 heteroatoms. The van der Waals surface area contributed by atoms with Gasteiger partial charge < -0.3 is 14.0 Å². The Bertz CT molecular complexity index is 1640. The minimum atomic E-state index is -4.21. The summed E-state index contributed by atoms with van der Waals surface area (Å²) in [4.78, 5) is 36.1. The molecule has 1 N–H and O–H groups in total. The summed E-state index contributed by atoms with van der Waals surface area (Å²) in [5.74, 6) is -0.593. The zero-order chi connectivity index (χ0) is 35.5. The van der Waals surface area contributed by atoms with E-state index < -0.39 is 35.7 Å². The van der Waals surface area contributed by atoms with Gasteiger partial charge in [0.15, 0.2) is 5.12 Å². The summed E-state index contributed by atoms with van der Waals surface area (Å²) in [5.41, 5.74) is 0.593. The number of non-ortho nitro benzene ring substituents is 1. The molecule has 11 nitrogen and oxygen atoms in total. The molecular formula is C36H39N2O9PS. The van der Waals surface area contributed by atoms with Crippen molar-refractivity contribution in [1.29, 1.82) is 0 Å². The van der Waals surface area contributed by atoms with Crippen molar-refractivity contribution in [2.24, 2.45) is 5.41 Å². The standard InChI is InChI=1S/C36H39N2O9PS/c1-27(33(39)44-4)37-48(43,47-32-22-20-31(21-23-32)38(41)42)46-24-25-49-34(40)35(2,3)26-45-36(28-14-8-5-9-15-28,29-16-10-6-11-17-29)30-18-12-7-13-19-30/h5-23,27H,24-26H2,1-4H3,(H,37,43)/t27-,48?/m0/s1. The van der Waals surface area contributed by atoms with E-state index in [-0.39, 0.29) is 35.5 Å². The van der Waals surface area contributed by atoms with Gasteiger partial charge in [-0.05, 0) is 49.6 Å². The first kappa shape index (κ1) is 37.5. The summed E-state index contributed by atoms with van der Waals surface area (Å²) in [6.07, 6.45) is 0. The third-order valence-corrected chi connectivity index (χ3v) is 10.4. The molecule has 0 aromatic heterocycles. The van der Waals surface area contributed by atoms with Crippen molar-refractivity contribution in [3.63, 3.8) is 0 Å². The number of nitrogens with zero attached hydrogens (tertiary/aromatic N) is 1. The number of carbonyl (C=O) groups excluding carboxylic acids is 2. The van der Waals surface area contributed by atoms with E-state index in [9.17, 15) is 24.3 Å². The summed E-state index contributed by atoms with van der Waals surface area (Å²) in [6, 6.07) is 33.4. The number of nitro groups is 1. The van der Waals surface area contributed by atoms with Crippen LogP contribution in [0.4, 0.5) is 5.69 Å². The quantitative estimate of drug-likeness (QED) is 0.0290. The topological polar surface area (TPSA) is 143 Å². The summed E-state index contributed by atoms with van der Waals surface area (Å²) in [7, 11) is -3.03. The van der Waals surface area contributed by atoms with Gasteiger partial charge in [-0.25, -0.2) is 4.57 Å². The lowest BCUT2D eigenvalue weighted by Crippen LogP contribution is -2.38. The van der Waals surface area contributed by atoms with Gasteiger partial charge in [-0.1, -0.05) is 103 Å². The fourth-order valence-electron chi connectivity index (χ4n) is 4.93. The van der Waals surface area contributed by atoms with Gasteiger partial charge in [0.25, 0.3) is 5.69 Å². The molecule has 4 aromatic carbocycles. The first-order valence-electron chi connectivity index (χ1n) is 15.4. The van der Waals surface area contributed by atoms with Crippen molar-refractivity contribution >= 4 is 36.3 Å². The van der Waals surface area contributed by atoms with Crippen LogP contribution in [0.2, 0.25) is 0 Å². The lowest BCUT2D eigenvalue weighted by atomic mass is 9.79. The Labute approximate surface area is 290 Å². The van der Waals surface area contributed by atoms with Gasteiger partial charge in [-0.15, -0.1) is 0 Å². The molecule has 0 aliphatic carbocycles. The highest BCUT2D eigenvalue weighted by molar-refractivity contribution is 8.13. The number of benzene rings is 4. The van der Waals surface area contributed by atoms with Crippen molar-refractivity contribution in [3.05, 3.63) is 142 Å². The SMILES string of the molecule is COC(=O)[C@H](C)NP(=O)(OCCSC(=O)C(C)(C)COC(c1ccccc1)(c1ccccc1)c1ccccc1)Oc1ccc([N+](=O)[O-])cc1. The Morgan fingerprint density at radius 1 is 0.857 bits per heavy atom. The van der Waals surface area contributed by atoms with Crippen LogP contribution in [0.5, 0.6) is 5.75 Å². The molecule has 4 rings (SSSR count). The first-order valence-corrected chi connectivity index (χ1v) is 17.9. The average molecular weight is 707 g/mol. The molecule has 49 heavy (non-hydrogen) atoms. The maximum atomic E-state index is 13.7. The number of methoxy groups -OCH3 is 1. The molecule has 0 spiro atoms. The van der Waals surface area contributed by atoms with Crippen LogP contribution in [0, 0.1) is 15.5 Å². The van der Waals surface area contributed by atoms with Crippen LogP contribution in [0.25, 0.3) is 0 Å². The van der Waals surface area contributed by atoms with Crippen molar-refractivity contribution in [2.45, 2.75) is 32.4 Å². The van der Waals surface area contributed by atoms with E-state index >= 15 is 0 Å². The molecule has 0 aliphatic rings. The van der Waals surface area contributed by atoms with Gasteiger partial charge in [0.1, 0.15) is 17.4 Å². The van der Waals surface area contributed by atoms with Crippen LogP contribution >= 0.6 is 19.5 Å². The van der Waals surface area contributed by atoms with E-state index in [1.807, 2.05) is 91.0 Å². The Kier molecular flexibility index (Phi) is 12.9. The third-order valence-electron chi connectivity index (χ3n) is 7.50. The van der Waals surface area contributed by atoms with Crippen LogP contribution in [0.1, 0.15) is 37.5 Å². The monoisotopic (exact) mass is 706 g/mol. The lowest BCUT2D eigenvalue weighted by Gasteiger charge is -2.38.